The van der Waals surface area contributed by atoms with E-state index in [9.17, 15) is 0 Å². The molecule has 0 saturated heterocycles. The third-order valence-corrected chi connectivity index (χ3v) is 4.98. The van der Waals surface area contributed by atoms with Crippen LogP contribution in [-0.2, 0) is 0 Å². The number of hydrogen-bond donors (Lipinski definition) is 1. The SMILES string of the molecule is CSC1(CNC(C)c2ccccn2)CCC1. The molecule has 88 valence electrons. The van der Waals surface area contributed by atoms with Crippen molar-refractivity contribution in [3.8, 4) is 0 Å². The van der Waals surface area contributed by atoms with Crippen molar-refractivity contribution in [3.05, 3.63) is 30.1 Å². The molecular weight excluding hydrogens is 216 g/mol. The molecule has 1 aliphatic carbocycles. The molecule has 0 aromatic carbocycles. The predicted octanol–water partition coefficient (Wildman–Crippen LogP) is 3.02. The largest absolute Gasteiger partial charge is 0.307 e. The number of hydrogen-bond acceptors (Lipinski definition) is 3. The Labute approximate surface area is 102 Å². The predicted molar refractivity (Wildman–Crippen MR) is 70.8 cm³/mol. The molecule has 0 amide bonds. The Kier molecular flexibility index (Phi) is 3.87. The van der Waals surface area contributed by atoms with Crippen molar-refractivity contribution < 1.29 is 0 Å². The van der Waals surface area contributed by atoms with Gasteiger partial charge in [0, 0.05) is 23.5 Å². The molecule has 1 atom stereocenters. The van der Waals surface area contributed by atoms with E-state index in [-0.39, 0.29) is 0 Å². The zero-order valence-corrected chi connectivity index (χ0v) is 10.9. The lowest BCUT2D eigenvalue weighted by molar-refractivity contribution is 0.333. The van der Waals surface area contributed by atoms with Crippen molar-refractivity contribution in [2.75, 3.05) is 12.8 Å². The van der Waals surface area contributed by atoms with E-state index in [1.165, 1.54) is 19.3 Å². The molecule has 1 aliphatic rings. The molecule has 1 saturated carbocycles. The van der Waals surface area contributed by atoms with E-state index in [0.29, 0.717) is 10.8 Å². The molecule has 1 N–H and O–H groups in total. The number of nitrogens with one attached hydrogen (secondary N) is 1. The van der Waals surface area contributed by atoms with Crippen LogP contribution in [0.25, 0.3) is 0 Å². The fraction of sp³-hybridized carbons (Fsp3) is 0.615. The minimum absolute atomic E-state index is 0.353. The third-order valence-electron chi connectivity index (χ3n) is 3.56. The van der Waals surface area contributed by atoms with Crippen molar-refractivity contribution in [1.29, 1.82) is 0 Å². The van der Waals surface area contributed by atoms with Gasteiger partial charge in [-0.2, -0.15) is 11.8 Å². The molecule has 0 spiro atoms. The van der Waals surface area contributed by atoms with Crippen molar-refractivity contribution in [3.63, 3.8) is 0 Å². The van der Waals surface area contributed by atoms with E-state index in [1.54, 1.807) is 0 Å². The Balaban J connectivity index is 1.86. The lowest BCUT2D eigenvalue weighted by Crippen LogP contribution is -2.44. The van der Waals surface area contributed by atoms with Crippen molar-refractivity contribution in [1.82, 2.24) is 10.3 Å². The molecule has 1 unspecified atom stereocenters. The van der Waals surface area contributed by atoms with Crippen LogP contribution in [-0.4, -0.2) is 22.5 Å². The van der Waals surface area contributed by atoms with Gasteiger partial charge in [0.1, 0.15) is 0 Å². The second kappa shape index (κ2) is 5.19. The highest BCUT2D eigenvalue weighted by Crippen LogP contribution is 2.42. The Morgan fingerprint density at radius 2 is 2.31 bits per heavy atom. The summed E-state index contributed by atoms with van der Waals surface area (Å²) in [6.45, 7) is 3.29. The second-order valence-electron chi connectivity index (χ2n) is 4.60. The molecule has 1 heterocycles. The number of pyridine rings is 1. The zero-order chi connectivity index (χ0) is 11.4. The van der Waals surface area contributed by atoms with Crippen LogP contribution in [0, 0.1) is 0 Å². The summed E-state index contributed by atoms with van der Waals surface area (Å²) in [5, 5.41) is 3.61. The molecule has 1 aromatic heterocycles. The van der Waals surface area contributed by atoms with Gasteiger partial charge in [0.2, 0.25) is 0 Å². The second-order valence-corrected chi connectivity index (χ2v) is 5.87. The Bertz CT molecular complexity index is 316. The summed E-state index contributed by atoms with van der Waals surface area (Å²) >= 11 is 2.01. The minimum Gasteiger partial charge on any atom is -0.307 e. The molecular formula is C13H20N2S. The van der Waals surface area contributed by atoms with Gasteiger partial charge < -0.3 is 5.32 Å². The summed E-state index contributed by atoms with van der Waals surface area (Å²) in [4.78, 5) is 4.38. The molecule has 1 fully saturated rings. The van der Waals surface area contributed by atoms with Crippen LogP contribution >= 0.6 is 11.8 Å². The first-order valence-corrected chi connectivity index (χ1v) is 7.18. The molecule has 2 rings (SSSR count). The normalized spacial score (nSPS) is 20.1. The smallest absolute Gasteiger partial charge is 0.0570 e. The van der Waals surface area contributed by atoms with Crippen molar-refractivity contribution in [2.24, 2.45) is 0 Å². The first-order valence-electron chi connectivity index (χ1n) is 5.95. The molecule has 16 heavy (non-hydrogen) atoms. The maximum Gasteiger partial charge on any atom is 0.0570 e. The Hall–Kier alpha value is -0.540. The molecule has 0 radical (unpaired) electrons. The molecule has 2 nitrogen and oxygen atoms in total. The maximum atomic E-state index is 4.38. The quantitative estimate of drug-likeness (QED) is 0.850. The molecule has 3 heteroatoms. The number of rotatable bonds is 5. The lowest BCUT2D eigenvalue weighted by Gasteiger charge is -2.41. The summed E-state index contributed by atoms with van der Waals surface area (Å²) in [7, 11) is 0. The van der Waals surface area contributed by atoms with Crippen LogP contribution in [0.3, 0.4) is 0 Å². The van der Waals surface area contributed by atoms with E-state index in [1.807, 2.05) is 30.1 Å². The fourth-order valence-electron chi connectivity index (χ4n) is 2.10. The third kappa shape index (κ3) is 2.58. The standard InChI is InChI=1S/C13H20N2S/c1-11(12-6-3-4-9-14-12)15-10-13(16-2)7-5-8-13/h3-4,6,9,11,15H,5,7-8,10H2,1-2H3. The monoisotopic (exact) mass is 236 g/mol. The van der Waals surface area contributed by atoms with E-state index in [4.69, 9.17) is 0 Å². The van der Waals surface area contributed by atoms with Crippen LogP contribution in [0.2, 0.25) is 0 Å². The van der Waals surface area contributed by atoms with E-state index in [2.05, 4.69) is 29.5 Å². The lowest BCUT2D eigenvalue weighted by atomic mass is 9.84. The van der Waals surface area contributed by atoms with Gasteiger partial charge in [-0.3, -0.25) is 4.98 Å². The fourth-order valence-corrected chi connectivity index (χ4v) is 3.02. The Morgan fingerprint density at radius 3 is 2.81 bits per heavy atom. The molecule has 1 aromatic rings. The first-order chi connectivity index (χ1) is 7.76. The summed E-state index contributed by atoms with van der Waals surface area (Å²) in [5.74, 6) is 0. The highest BCUT2D eigenvalue weighted by atomic mass is 32.2. The van der Waals surface area contributed by atoms with E-state index in [0.717, 1.165) is 12.2 Å². The maximum absolute atomic E-state index is 4.38. The molecule has 0 bridgehead atoms. The van der Waals surface area contributed by atoms with Crippen LogP contribution in [0.15, 0.2) is 24.4 Å². The van der Waals surface area contributed by atoms with Crippen molar-refractivity contribution >= 4 is 11.8 Å². The summed E-state index contributed by atoms with van der Waals surface area (Å²) < 4.78 is 0.503. The van der Waals surface area contributed by atoms with Gasteiger partial charge in [-0.1, -0.05) is 12.5 Å². The summed E-state index contributed by atoms with van der Waals surface area (Å²) in [5.41, 5.74) is 1.14. The highest BCUT2D eigenvalue weighted by Gasteiger charge is 2.35. The van der Waals surface area contributed by atoms with Crippen LogP contribution in [0.4, 0.5) is 0 Å². The van der Waals surface area contributed by atoms with Crippen LogP contribution in [0.1, 0.15) is 37.9 Å². The van der Waals surface area contributed by atoms with E-state index < -0.39 is 0 Å². The average Bonchev–Trinajstić information content (AvgIpc) is 2.29. The topological polar surface area (TPSA) is 24.9 Å². The van der Waals surface area contributed by atoms with Gasteiger partial charge in [-0.15, -0.1) is 0 Å². The van der Waals surface area contributed by atoms with Gasteiger partial charge in [0.15, 0.2) is 0 Å². The summed E-state index contributed by atoms with van der Waals surface area (Å²) in [6, 6.07) is 6.45. The Morgan fingerprint density at radius 1 is 1.50 bits per heavy atom. The van der Waals surface area contributed by atoms with Crippen molar-refractivity contribution in [2.45, 2.75) is 37.0 Å². The summed E-state index contributed by atoms with van der Waals surface area (Å²) in [6.07, 6.45) is 8.19. The number of nitrogens with zero attached hydrogens (tertiary/aromatic N) is 1. The number of aromatic nitrogens is 1. The van der Waals surface area contributed by atoms with Gasteiger partial charge >= 0.3 is 0 Å². The average molecular weight is 236 g/mol. The van der Waals surface area contributed by atoms with Gasteiger partial charge in [-0.05, 0) is 38.2 Å². The number of thioether (sulfide) groups is 1. The minimum atomic E-state index is 0.353. The first kappa shape index (κ1) is 11.9. The zero-order valence-electron chi connectivity index (χ0n) is 10.1. The highest BCUT2D eigenvalue weighted by molar-refractivity contribution is 8.00. The van der Waals surface area contributed by atoms with E-state index >= 15 is 0 Å². The van der Waals surface area contributed by atoms with Gasteiger partial charge in [0.05, 0.1) is 5.69 Å². The van der Waals surface area contributed by atoms with Gasteiger partial charge in [0.25, 0.3) is 0 Å². The van der Waals surface area contributed by atoms with Crippen LogP contribution in [0.5, 0.6) is 0 Å². The van der Waals surface area contributed by atoms with Gasteiger partial charge in [-0.25, -0.2) is 0 Å². The molecule has 0 aliphatic heterocycles. The van der Waals surface area contributed by atoms with Crippen LogP contribution < -0.4 is 5.32 Å².